The van der Waals surface area contributed by atoms with Crippen molar-refractivity contribution in [2.24, 2.45) is 4.99 Å². The van der Waals surface area contributed by atoms with Crippen LogP contribution in [0, 0.1) is 13.8 Å². The second-order valence-electron chi connectivity index (χ2n) is 8.19. The molecule has 2 heterocycles. The number of aryl methyl sites for hydroxylation is 1. The number of anilines is 1. The summed E-state index contributed by atoms with van der Waals surface area (Å²) in [4.78, 5) is 57.9. The minimum atomic E-state index is -1.13. The Labute approximate surface area is 208 Å². The average molecular weight is 510 g/mol. The number of aromatic amines is 2. The van der Waals surface area contributed by atoms with Gasteiger partial charge in [-0.2, -0.15) is 0 Å². The van der Waals surface area contributed by atoms with Gasteiger partial charge in [0.2, 0.25) is 17.7 Å². The summed E-state index contributed by atoms with van der Waals surface area (Å²) >= 11 is 1.01. The molecule has 1 saturated heterocycles. The van der Waals surface area contributed by atoms with E-state index in [0.29, 0.717) is 11.3 Å². The Bertz CT molecular complexity index is 1480. The number of benzene rings is 2. The second kappa shape index (κ2) is 10.1. The molecule has 12 heteroatoms. The Balaban J connectivity index is 1.59. The van der Waals surface area contributed by atoms with E-state index >= 15 is 0 Å². The first-order chi connectivity index (χ1) is 17.1. The molecule has 1 aliphatic rings. The smallest absolute Gasteiger partial charge is 0.328 e. The fraction of sp³-hybridized carbons (Fsp3) is 0.208. The van der Waals surface area contributed by atoms with Crippen LogP contribution in [0.5, 0.6) is 11.6 Å². The van der Waals surface area contributed by atoms with Crippen molar-refractivity contribution in [1.29, 1.82) is 0 Å². The summed E-state index contributed by atoms with van der Waals surface area (Å²) in [7, 11) is 0. The zero-order valence-electron chi connectivity index (χ0n) is 19.3. The molecule has 2 unspecified atom stereocenters. The van der Waals surface area contributed by atoms with E-state index < -0.39 is 34.3 Å². The maximum Gasteiger partial charge on any atom is 0.328 e. The molecule has 6 N–H and O–H groups in total. The van der Waals surface area contributed by atoms with Crippen LogP contribution in [0.2, 0.25) is 0 Å². The quantitative estimate of drug-likeness (QED) is 0.293. The highest BCUT2D eigenvalue weighted by Gasteiger charge is 2.34. The molecule has 36 heavy (non-hydrogen) atoms. The van der Waals surface area contributed by atoms with Crippen LogP contribution in [0.3, 0.4) is 0 Å². The van der Waals surface area contributed by atoms with E-state index in [4.69, 9.17) is 0 Å². The molecular weight excluding hydrogens is 486 g/mol. The van der Waals surface area contributed by atoms with Gasteiger partial charge in [-0.3, -0.25) is 24.4 Å². The van der Waals surface area contributed by atoms with Gasteiger partial charge in [-0.25, -0.2) is 9.79 Å². The number of carbonyl (C=O) groups excluding carboxylic acids is 2. The highest BCUT2D eigenvalue weighted by molar-refractivity contribution is 8.15. The van der Waals surface area contributed by atoms with Gasteiger partial charge in [0, 0.05) is 12.1 Å². The predicted molar refractivity (Wildman–Crippen MR) is 135 cm³/mol. The highest BCUT2D eigenvalue weighted by Crippen LogP contribution is 2.32. The van der Waals surface area contributed by atoms with E-state index in [1.807, 2.05) is 31.0 Å². The van der Waals surface area contributed by atoms with Crippen molar-refractivity contribution >= 4 is 34.4 Å². The molecule has 0 aliphatic carbocycles. The van der Waals surface area contributed by atoms with Crippen LogP contribution >= 0.6 is 11.8 Å². The number of amides is 2. The Hall–Kier alpha value is -4.32. The molecular formula is C24H23N5O6S. The van der Waals surface area contributed by atoms with Gasteiger partial charge in [-0.05, 0) is 48.7 Å². The number of thioether (sulfide) groups is 1. The lowest BCUT2D eigenvalue weighted by atomic mass is 10.0. The molecule has 2 amide bonds. The SMILES string of the molecule is Cc1cccc(NC(=O)CC2SC(=NC(c3ccc(O)cc3)c3c(O)[nH]c(=O)[nH]c3=O)NC2=O)c1C. The van der Waals surface area contributed by atoms with Crippen molar-refractivity contribution in [1.82, 2.24) is 15.3 Å². The molecule has 3 aromatic rings. The van der Waals surface area contributed by atoms with Gasteiger partial charge in [0.25, 0.3) is 5.56 Å². The zero-order chi connectivity index (χ0) is 26.0. The molecule has 2 aromatic carbocycles. The fourth-order valence-corrected chi connectivity index (χ4v) is 4.67. The number of hydrogen-bond donors (Lipinski definition) is 6. The number of rotatable bonds is 6. The lowest BCUT2D eigenvalue weighted by Gasteiger charge is -2.14. The largest absolute Gasteiger partial charge is 0.508 e. The topological polar surface area (TPSA) is 177 Å². The summed E-state index contributed by atoms with van der Waals surface area (Å²) in [5, 5.41) is 24.7. The maximum absolute atomic E-state index is 12.6. The van der Waals surface area contributed by atoms with Crippen molar-refractivity contribution < 1.29 is 19.8 Å². The van der Waals surface area contributed by atoms with E-state index in [0.717, 1.165) is 22.9 Å². The molecule has 0 bridgehead atoms. The van der Waals surface area contributed by atoms with Crippen LogP contribution in [0.4, 0.5) is 5.69 Å². The molecule has 0 saturated carbocycles. The maximum atomic E-state index is 12.6. The van der Waals surface area contributed by atoms with E-state index in [2.05, 4.69) is 20.6 Å². The normalized spacial score (nSPS) is 17.1. The Morgan fingerprint density at radius 1 is 1.08 bits per heavy atom. The minimum absolute atomic E-state index is 0.0248. The van der Waals surface area contributed by atoms with E-state index in [-0.39, 0.29) is 28.8 Å². The Kier molecular flexibility index (Phi) is 6.97. The average Bonchev–Trinajstić information content (AvgIpc) is 3.14. The number of nitrogens with zero attached hydrogens (tertiary/aromatic N) is 1. The summed E-state index contributed by atoms with van der Waals surface area (Å²) in [6.07, 6.45) is -0.114. The standard InChI is InChI=1S/C24H23N5O6S/c1-11-4-3-5-15(12(11)2)25-17(31)10-16-20(32)29-24(36-16)26-19(13-6-8-14(30)9-7-13)18-21(33)27-23(35)28-22(18)34/h3-9,16,19,30H,10H2,1-2H3,(H,25,31)(H,26,29,32)(H3,27,28,33,34,35). The van der Waals surface area contributed by atoms with Crippen molar-refractivity contribution in [3.05, 3.63) is 85.6 Å². The Morgan fingerprint density at radius 2 is 1.81 bits per heavy atom. The van der Waals surface area contributed by atoms with E-state index in [9.17, 15) is 29.4 Å². The van der Waals surface area contributed by atoms with E-state index in [1.165, 1.54) is 24.3 Å². The molecule has 1 aliphatic heterocycles. The van der Waals surface area contributed by atoms with Gasteiger partial charge in [0.05, 0.1) is 0 Å². The summed E-state index contributed by atoms with van der Waals surface area (Å²) in [5.74, 6) is -1.48. The van der Waals surface area contributed by atoms with Crippen LogP contribution in [0.15, 0.2) is 57.0 Å². The molecule has 11 nitrogen and oxygen atoms in total. The van der Waals surface area contributed by atoms with Crippen LogP contribution in [-0.2, 0) is 9.59 Å². The number of phenolic OH excluding ortho intramolecular Hbond substituents is 1. The molecule has 0 spiro atoms. The third-order valence-electron chi connectivity index (χ3n) is 5.71. The summed E-state index contributed by atoms with van der Waals surface area (Å²) in [6, 6.07) is 10.2. The first kappa shape index (κ1) is 24.8. The van der Waals surface area contributed by atoms with Gasteiger partial charge >= 0.3 is 5.69 Å². The monoisotopic (exact) mass is 509 g/mol. The predicted octanol–water partition coefficient (Wildman–Crippen LogP) is 1.80. The number of phenols is 1. The van der Waals surface area contributed by atoms with Gasteiger partial charge in [0.1, 0.15) is 22.6 Å². The lowest BCUT2D eigenvalue weighted by molar-refractivity contribution is -0.122. The van der Waals surface area contributed by atoms with Gasteiger partial charge in [-0.15, -0.1) is 0 Å². The number of nitrogens with one attached hydrogen (secondary N) is 4. The number of amidine groups is 1. The lowest BCUT2D eigenvalue weighted by Crippen LogP contribution is -2.29. The van der Waals surface area contributed by atoms with Crippen molar-refractivity contribution in [2.75, 3.05) is 5.32 Å². The first-order valence-corrected chi connectivity index (χ1v) is 11.8. The van der Waals surface area contributed by atoms with Crippen LogP contribution in [0.25, 0.3) is 0 Å². The van der Waals surface area contributed by atoms with Gasteiger partial charge in [0.15, 0.2) is 5.17 Å². The highest BCUT2D eigenvalue weighted by atomic mass is 32.2. The number of aromatic nitrogens is 2. The molecule has 186 valence electrons. The summed E-state index contributed by atoms with van der Waals surface area (Å²) in [6.45, 7) is 3.83. The molecule has 1 fully saturated rings. The number of aliphatic imine (C=N–C) groups is 1. The number of hydrogen-bond acceptors (Lipinski definition) is 8. The zero-order valence-corrected chi connectivity index (χ0v) is 20.1. The first-order valence-electron chi connectivity index (χ1n) is 10.9. The van der Waals surface area contributed by atoms with Crippen molar-refractivity contribution in [2.45, 2.75) is 31.6 Å². The van der Waals surface area contributed by atoms with E-state index in [1.54, 1.807) is 6.07 Å². The molecule has 0 radical (unpaired) electrons. The number of H-pyrrole nitrogens is 2. The molecule has 2 atom stereocenters. The second-order valence-corrected chi connectivity index (χ2v) is 9.39. The van der Waals surface area contributed by atoms with Crippen LogP contribution < -0.4 is 21.9 Å². The summed E-state index contributed by atoms with van der Waals surface area (Å²) < 4.78 is 0. The van der Waals surface area contributed by atoms with Gasteiger partial charge < -0.3 is 20.8 Å². The third-order valence-corrected chi connectivity index (χ3v) is 6.81. The van der Waals surface area contributed by atoms with Crippen LogP contribution in [-0.4, -0.2) is 42.4 Å². The Morgan fingerprint density at radius 3 is 2.50 bits per heavy atom. The summed E-state index contributed by atoms with van der Waals surface area (Å²) in [5.41, 5.74) is 1.01. The number of carbonyl (C=O) groups is 2. The van der Waals surface area contributed by atoms with Gasteiger partial charge in [-0.1, -0.05) is 36.0 Å². The van der Waals surface area contributed by atoms with Crippen LogP contribution in [0.1, 0.15) is 34.7 Å². The minimum Gasteiger partial charge on any atom is -0.508 e. The van der Waals surface area contributed by atoms with Crippen molar-refractivity contribution in [3.63, 3.8) is 0 Å². The fourth-order valence-electron chi connectivity index (χ4n) is 3.67. The number of aromatic hydroxyl groups is 2. The third kappa shape index (κ3) is 5.33. The van der Waals surface area contributed by atoms with Crippen molar-refractivity contribution in [3.8, 4) is 11.6 Å². The molecule has 4 rings (SSSR count). The molecule has 1 aromatic heterocycles.